The molecule has 0 bridgehead atoms. The van der Waals surface area contributed by atoms with Crippen LogP contribution in [0.3, 0.4) is 0 Å². The van der Waals surface area contributed by atoms with Gasteiger partial charge in [0.05, 0.1) is 7.11 Å². The summed E-state index contributed by atoms with van der Waals surface area (Å²) in [5.41, 5.74) is 1.23. The van der Waals surface area contributed by atoms with E-state index in [-0.39, 0.29) is 40.3 Å². The number of carbonyl (C=O) groups excluding carboxylic acids is 2. The molecule has 1 N–H and O–H groups in total. The molecule has 3 rings (SSSR count). The van der Waals surface area contributed by atoms with Crippen molar-refractivity contribution in [2.24, 2.45) is 0 Å². The largest absolute Gasteiger partial charge is 0.493 e. The van der Waals surface area contributed by atoms with Gasteiger partial charge in [0, 0.05) is 37.8 Å². The molecule has 0 aliphatic carbocycles. The van der Waals surface area contributed by atoms with Crippen LogP contribution >= 0.6 is 0 Å². The van der Waals surface area contributed by atoms with Crippen molar-refractivity contribution < 1.29 is 31.3 Å². The molecule has 0 atom stereocenters. The Morgan fingerprint density at radius 1 is 0.947 bits per heavy atom. The predicted molar refractivity (Wildman–Crippen MR) is 141 cm³/mol. The molecule has 9 nitrogen and oxygen atoms in total. The van der Waals surface area contributed by atoms with Crippen LogP contribution in [0.25, 0.3) is 0 Å². The number of anilines is 1. The third kappa shape index (κ3) is 7.77. The van der Waals surface area contributed by atoms with E-state index in [2.05, 4.69) is 5.32 Å². The van der Waals surface area contributed by atoms with Crippen LogP contribution in [-0.4, -0.2) is 64.3 Å². The van der Waals surface area contributed by atoms with Gasteiger partial charge in [-0.25, -0.2) is 4.39 Å². The molecule has 202 valence electrons. The standard InChI is InChI=1S/C27H30FN3O6S/c1-19(32)29-23-9-11-24(12-10-23)38(34,35)37-26-16-20(8-13-25(26)36-4)18-31(15-14-30(2)3)27(33)21-6-5-7-22(28)17-21/h5-13,16-17H,14-15,18H2,1-4H3,(H,29,32). The zero-order valence-electron chi connectivity index (χ0n) is 21.6. The van der Waals surface area contributed by atoms with E-state index in [0.717, 1.165) is 0 Å². The first-order valence-electron chi connectivity index (χ1n) is 11.7. The fourth-order valence-electron chi connectivity index (χ4n) is 3.56. The summed E-state index contributed by atoms with van der Waals surface area (Å²) in [6, 6.07) is 15.7. The Hall–Kier alpha value is -3.96. The van der Waals surface area contributed by atoms with Crippen LogP contribution < -0.4 is 14.2 Å². The molecule has 11 heteroatoms. The maximum absolute atomic E-state index is 13.8. The number of amides is 2. The second kappa shape index (κ2) is 12.5. The van der Waals surface area contributed by atoms with Crippen LogP contribution in [0.15, 0.2) is 71.6 Å². The number of hydrogen-bond acceptors (Lipinski definition) is 7. The molecule has 0 radical (unpaired) electrons. The van der Waals surface area contributed by atoms with Gasteiger partial charge in [0.15, 0.2) is 11.5 Å². The summed E-state index contributed by atoms with van der Waals surface area (Å²) in [5.74, 6) is -1.03. The van der Waals surface area contributed by atoms with Crippen LogP contribution in [-0.2, 0) is 21.5 Å². The maximum Gasteiger partial charge on any atom is 0.339 e. The Bertz CT molecular complexity index is 1390. The molecule has 2 amide bonds. The first-order chi connectivity index (χ1) is 18.0. The quantitative estimate of drug-likeness (QED) is 0.367. The van der Waals surface area contributed by atoms with Gasteiger partial charge >= 0.3 is 10.1 Å². The summed E-state index contributed by atoms with van der Waals surface area (Å²) in [4.78, 5) is 27.8. The normalized spacial score (nSPS) is 11.2. The van der Waals surface area contributed by atoms with Gasteiger partial charge in [-0.1, -0.05) is 12.1 Å². The molecule has 3 aromatic carbocycles. The number of likely N-dealkylation sites (N-methyl/N-ethyl adjacent to an activating group) is 1. The SMILES string of the molecule is COc1ccc(CN(CCN(C)C)C(=O)c2cccc(F)c2)cc1OS(=O)(=O)c1ccc(NC(C)=O)cc1. The maximum atomic E-state index is 13.8. The molecule has 0 fully saturated rings. The van der Waals surface area contributed by atoms with E-state index >= 15 is 0 Å². The molecule has 38 heavy (non-hydrogen) atoms. The number of rotatable bonds is 11. The Kier molecular flexibility index (Phi) is 9.43. The van der Waals surface area contributed by atoms with Crippen molar-refractivity contribution in [3.05, 3.63) is 83.7 Å². The fourth-order valence-corrected chi connectivity index (χ4v) is 4.49. The van der Waals surface area contributed by atoms with Crippen LogP contribution in [0, 0.1) is 5.82 Å². The van der Waals surface area contributed by atoms with Crippen molar-refractivity contribution in [1.29, 1.82) is 0 Å². The lowest BCUT2D eigenvalue weighted by atomic mass is 10.1. The Morgan fingerprint density at radius 3 is 2.26 bits per heavy atom. The van der Waals surface area contributed by atoms with Crippen molar-refractivity contribution in [3.8, 4) is 11.5 Å². The average molecular weight is 544 g/mol. The van der Waals surface area contributed by atoms with Gasteiger partial charge in [0.2, 0.25) is 5.91 Å². The summed E-state index contributed by atoms with van der Waals surface area (Å²) in [6.45, 7) is 2.38. The number of benzene rings is 3. The summed E-state index contributed by atoms with van der Waals surface area (Å²) in [7, 11) is 0.885. The van der Waals surface area contributed by atoms with E-state index in [0.29, 0.717) is 24.3 Å². The van der Waals surface area contributed by atoms with Gasteiger partial charge in [0.25, 0.3) is 5.91 Å². The third-order valence-corrected chi connectivity index (χ3v) is 6.69. The number of carbonyl (C=O) groups is 2. The molecule has 3 aromatic rings. The van der Waals surface area contributed by atoms with Crippen molar-refractivity contribution in [2.75, 3.05) is 39.6 Å². The minimum Gasteiger partial charge on any atom is -0.493 e. The number of hydrogen-bond donors (Lipinski definition) is 1. The Balaban J connectivity index is 1.87. The molecular formula is C27H30FN3O6S. The lowest BCUT2D eigenvalue weighted by molar-refractivity contribution is -0.114. The Morgan fingerprint density at radius 2 is 1.66 bits per heavy atom. The molecule has 0 heterocycles. The van der Waals surface area contributed by atoms with E-state index in [1.165, 1.54) is 62.6 Å². The summed E-state index contributed by atoms with van der Waals surface area (Å²) in [6.07, 6.45) is 0. The molecule has 0 saturated carbocycles. The fraction of sp³-hybridized carbons (Fsp3) is 0.259. The van der Waals surface area contributed by atoms with E-state index in [1.54, 1.807) is 23.1 Å². The van der Waals surface area contributed by atoms with Gasteiger partial charge in [-0.15, -0.1) is 0 Å². The first kappa shape index (κ1) is 28.6. The minimum atomic E-state index is -4.24. The summed E-state index contributed by atoms with van der Waals surface area (Å²) < 4.78 is 50.4. The molecule has 0 saturated heterocycles. The van der Waals surface area contributed by atoms with E-state index < -0.39 is 15.9 Å². The lowest BCUT2D eigenvalue weighted by Crippen LogP contribution is -2.36. The molecule has 0 aliphatic rings. The van der Waals surface area contributed by atoms with Crippen molar-refractivity contribution in [1.82, 2.24) is 9.80 Å². The lowest BCUT2D eigenvalue weighted by Gasteiger charge is -2.25. The highest BCUT2D eigenvalue weighted by Crippen LogP contribution is 2.32. The van der Waals surface area contributed by atoms with Gasteiger partial charge in [-0.3, -0.25) is 9.59 Å². The number of methoxy groups -OCH3 is 1. The van der Waals surface area contributed by atoms with Gasteiger partial charge < -0.3 is 24.0 Å². The molecule has 0 spiro atoms. The average Bonchev–Trinajstić information content (AvgIpc) is 2.86. The van der Waals surface area contributed by atoms with E-state index in [9.17, 15) is 22.4 Å². The van der Waals surface area contributed by atoms with Crippen LogP contribution in [0.5, 0.6) is 11.5 Å². The molecular weight excluding hydrogens is 513 g/mol. The van der Waals surface area contributed by atoms with Crippen LogP contribution in [0.4, 0.5) is 10.1 Å². The highest BCUT2D eigenvalue weighted by Gasteiger charge is 2.22. The summed E-state index contributed by atoms with van der Waals surface area (Å²) in [5, 5.41) is 2.57. The summed E-state index contributed by atoms with van der Waals surface area (Å²) >= 11 is 0. The highest BCUT2D eigenvalue weighted by atomic mass is 32.2. The third-order valence-electron chi connectivity index (χ3n) is 5.44. The number of halogens is 1. The van der Waals surface area contributed by atoms with Crippen LogP contribution in [0.2, 0.25) is 0 Å². The predicted octanol–water partition coefficient (Wildman–Crippen LogP) is 3.76. The number of nitrogens with zero attached hydrogens (tertiary/aromatic N) is 2. The monoisotopic (exact) mass is 543 g/mol. The van der Waals surface area contributed by atoms with Crippen LogP contribution in [0.1, 0.15) is 22.8 Å². The first-order valence-corrected chi connectivity index (χ1v) is 13.1. The Labute approximate surface area is 221 Å². The topological polar surface area (TPSA) is 105 Å². The second-order valence-corrected chi connectivity index (χ2v) is 10.3. The van der Waals surface area contributed by atoms with Crippen molar-refractivity contribution in [3.63, 3.8) is 0 Å². The van der Waals surface area contributed by atoms with Crippen molar-refractivity contribution >= 4 is 27.6 Å². The van der Waals surface area contributed by atoms with Crippen molar-refractivity contribution in [2.45, 2.75) is 18.4 Å². The molecule has 0 aliphatic heterocycles. The van der Waals surface area contributed by atoms with Gasteiger partial charge in [0.1, 0.15) is 10.7 Å². The highest BCUT2D eigenvalue weighted by molar-refractivity contribution is 7.87. The zero-order chi connectivity index (χ0) is 27.9. The minimum absolute atomic E-state index is 0.0540. The second-order valence-electron chi connectivity index (χ2n) is 8.77. The number of ether oxygens (including phenoxy) is 1. The zero-order valence-corrected chi connectivity index (χ0v) is 22.4. The molecule has 0 unspecified atom stereocenters. The van der Waals surface area contributed by atoms with E-state index in [4.69, 9.17) is 8.92 Å². The smallest absolute Gasteiger partial charge is 0.339 e. The number of nitrogens with one attached hydrogen (secondary N) is 1. The molecule has 0 aromatic heterocycles. The van der Waals surface area contributed by atoms with Gasteiger partial charge in [-0.05, 0) is 74.3 Å². The van der Waals surface area contributed by atoms with E-state index in [1.807, 2.05) is 19.0 Å². The van der Waals surface area contributed by atoms with Gasteiger partial charge in [-0.2, -0.15) is 8.42 Å².